The number of aromatic nitrogens is 3. The van der Waals surface area contributed by atoms with Crippen molar-refractivity contribution in [1.82, 2.24) is 14.5 Å². The molecule has 0 aliphatic carbocycles. The van der Waals surface area contributed by atoms with E-state index >= 15 is 0 Å². The van der Waals surface area contributed by atoms with Gasteiger partial charge in [-0.25, -0.2) is 4.98 Å². The highest BCUT2D eigenvalue weighted by molar-refractivity contribution is 5.76. The van der Waals surface area contributed by atoms with Gasteiger partial charge in [0.2, 0.25) is 5.95 Å². The fraction of sp³-hybridized carbons (Fsp3) is 0.455. The van der Waals surface area contributed by atoms with Crippen molar-refractivity contribution in [2.45, 2.75) is 6.54 Å². The molecule has 6 nitrogen and oxygen atoms in total. The molecular formula is C11H16N4O2. The Balaban J connectivity index is 2.00. The second-order valence-electron chi connectivity index (χ2n) is 3.59. The summed E-state index contributed by atoms with van der Waals surface area (Å²) in [5, 5.41) is 0. The molecule has 0 fully saturated rings. The van der Waals surface area contributed by atoms with E-state index in [9.17, 15) is 0 Å². The highest BCUT2D eigenvalue weighted by Gasteiger charge is 2.06. The van der Waals surface area contributed by atoms with E-state index in [1.54, 1.807) is 19.5 Å². The van der Waals surface area contributed by atoms with Gasteiger partial charge >= 0.3 is 0 Å². The molecule has 0 spiro atoms. The summed E-state index contributed by atoms with van der Waals surface area (Å²) >= 11 is 0. The summed E-state index contributed by atoms with van der Waals surface area (Å²) in [7, 11) is 1.65. The standard InChI is InChI=1S/C11H16N4O2/c1-16-6-7-17-5-4-15-10-2-3-13-8-9(10)14-11(15)12/h2-3,8H,4-7H2,1H3,(H2,12,14). The van der Waals surface area contributed by atoms with Crippen molar-refractivity contribution in [3.8, 4) is 0 Å². The molecule has 2 aromatic heterocycles. The van der Waals surface area contributed by atoms with Crippen LogP contribution in [0.2, 0.25) is 0 Å². The van der Waals surface area contributed by atoms with Gasteiger partial charge in [-0.3, -0.25) is 4.98 Å². The number of ether oxygens (including phenoxy) is 2. The molecule has 0 aromatic carbocycles. The quantitative estimate of drug-likeness (QED) is 0.746. The average Bonchev–Trinajstić information content (AvgIpc) is 2.65. The lowest BCUT2D eigenvalue weighted by Crippen LogP contribution is -2.11. The molecule has 17 heavy (non-hydrogen) atoms. The maximum absolute atomic E-state index is 5.84. The first-order chi connectivity index (χ1) is 8.33. The monoisotopic (exact) mass is 236 g/mol. The normalized spacial score (nSPS) is 11.1. The van der Waals surface area contributed by atoms with Crippen molar-refractivity contribution in [3.05, 3.63) is 18.5 Å². The Morgan fingerprint density at radius 3 is 3.06 bits per heavy atom. The van der Waals surface area contributed by atoms with Crippen molar-refractivity contribution in [3.63, 3.8) is 0 Å². The average molecular weight is 236 g/mol. The molecule has 6 heteroatoms. The number of nitrogens with two attached hydrogens (primary N) is 1. The minimum Gasteiger partial charge on any atom is -0.382 e. The number of anilines is 1. The summed E-state index contributed by atoms with van der Waals surface area (Å²) < 4.78 is 12.2. The number of pyridine rings is 1. The van der Waals surface area contributed by atoms with E-state index in [0.29, 0.717) is 32.3 Å². The molecule has 0 atom stereocenters. The smallest absolute Gasteiger partial charge is 0.201 e. The van der Waals surface area contributed by atoms with Gasteiger partial charge in [0, 0.05) is 19.9 Å². The summed E-state index contributed by atoms with van der Waals surface area (Å²) in [4.78, 5) is 8.24. The first kappa shape index (κ1) is 11.8. The van der Waals surface area contributed by atoms with Crippen LogP contribution in [0.15, 0.2) is 18.5 Å². The maximum Gasteiger partial charge on any atom is 0.201 e. The van der Waals surface area contributed by atoms with Crippen LogP contribution in [0.1, 0.15) is 0 Å². The molecule has 0 unspecified atom stereocenters. The van der Waals surface area contributed by atoms with Gasteiger partial charge in [-0.15, -0.1) is 0 Å². The van der Waals surface area contributed by atoms with E-state index in [0.717, 1.165) is 11.0 Å². The van der Waals surface area contributed by atoms with Crippen LogP contribution in [0, 0.1) is 0 Å². The third-order valence-electron chi connectivity index (χ3n) is 2.47. The van der Waals surface area contributed by atoms with Crippen LogP contribution >= 0.6 is 0 Å². The van der Waals surface area contributed by atoms with Gasteiger partial charge in [-0.1, -0.05) is 0 Å². The summed E-state index contributed by atoms with van der Waals surface area (Å²) in [6.45, 7) is 2.45. The molecule has 0 bridgehead atoms. The topological polar surface area (TPSA) is 75.2 Å². The van der Waals surface area contributed by atoms with Crippen LogP contribution in [0.4, 0.5) is 5.95 Å². The van der Waals surface area contributed by atoms with Crippen molar-refractivity contribution < 1.29 is 9.47 Å². The minimum absolute atomic E-state index is 0.489. The number of nitrogen functional groups attached to an aromatic ring is 1. The fourth-order valence-corrected chi connectivity index (χ4v) is 1.64. The van der Waals surface area contributed by atoms with E-state index in [4.69, 9.17) is 15.2 Å². The van der Waals surface area contributed by atoms with E-state index in [1.165, 1.54) is 0 Å². The predicted octanol–water partition coefficient (Wildman–Crippen LogP) is 0.676. The van der Waals surface area contributed by atoms with Gasteiger partial charge in [0.05, 0.1) is 31.5 Å². The number of nitrogens with zero attached hydrogens (tertiary/aromatic N) is 3. The van der Waals surface area contributed by atoms with Crippen LogP contribution in [-0.4, -0.2) is 41.5 Å². The van der Waals surface area contributed by atoms with E-state index < -0.39 is 0 Å². The molecule has 0 saturated carbocycles. The lowest BCUT2D eigenvalue weighted by Gasteiger charge is -2.07. The van der Waals surface area contributed by atoms with Gasteiger partial charge in [0.25, 0.3) is 0 Å². The van der Waals surface area contributed by atoms with Crippen LogP contribution in [0.25, 0.3) is 11.0 Å². The number of hydrogen-bond acceptors (Lipinski definition) is 5. The zero-order valence-electron chi connectivity index (χ0n) is 9.80. The molecule has 2 N–H and O–H groups in total. The number of imidazole rings is 1. The molecule has 0 saturated heterocycles. The third kappa shape index (κ3) is 2.72. The van der Waals surface area contributed by atoms with E-state index in [-0.39, 0.29) is 0 Å². The largest absolute Gasteiger partial charge is 0.382 e. The first-order valence-electron chi connectivity index (χ1n) is 5.45. The Morgan fingerprint density at radius 1 is 1.35 bits per heavy atom. The van der Waals surface area contributed by atoms with Gasteiger partial charge in [-0.2, -0.15) is 0 Å². The lowest BCUT2D eigenvalue weighted by atomic mass is 10.4. The molecule has 92 valence electrons. The van der Waals surface area contributed by atoms with Crippen molar-refractivity contribution in [1.29, 1.82) is 0 Å². The minimum atomic E-state index is 0.489. The summed E-state index contributed by atoms with van der Waals surface area (Å²) in [5.74, 6) is 0.489. The van der Waals surface area contributed by atoms with Crippen LogP contribution in [0.3, 0.4) is 0 Å². The highest BCUT2D eigenvalue weighted by atomic mass is 16.5. The lowest BCUT2D eigenvalue weighted by molar-refractivity contribution is 0.0671. The number of methoxy groups -OCH3 is 1. The molecule has 0 aliphatic rings. The molecular weight excluding hydrogens is 220 g/mol. The zero-order chi connectivity index (χ0) is 12.1. The number of rotatable bonds is 6. The SMILES string of the molecule is COCCOCCn1c(N)nc2cnccc21. The zero-order valence-corrected chi connectivity index (χ0v) is 9.80. The summed E-state index contributed by atoms with van der Waals surface area (Å²) in [6.07, 6.45) is 3.43. The molecule has 2 aromatic rings. The second-order valence-corrected chi connectivity index (χ2v) is 3.59. The Hall–Kier alpha value is -1.66. The molecule has 2 heterocycles. The van der Waals surface area contributed by atoms with Crippen molar-refractivity contribution in [2.24, 2.45) is 0 Å². The van der Waals surface area contributed by atoms with E-state index in [1.807, 2.05) is 10.6 Å². The fourth-order valence-electron chi connectivity index (χ4n) is 1.64. The molecule has 0 radical (unpaired) electrons. The summed E-state index contributed by atoms with van der Waals surface area (Å²) in [6, 6.07) is 1.90. The van der Waals surface area contributed by atoms with Crippen molar-refractivity contribution >= 4 is 17.0 Å². The van der Waals surface area contributed by atoms with Crippen LogP contribution < -0.4 is 5.73 Å². The Labute approximate surface area is 99.4 Å². The van der Waals surface area contributed by atoms with Crippen molar-refractivity contribution in [2.75, 3.05) is 32.7 Å². The second kappa shape index (κ2) is 5.60. The Morgan fingerprint density at radius 2 is 2.24 bits per heavy atom. The van der Waals surface area contributed by atoms with Gasteiger partial charge < -0.3 is 19.8 Å². The third-order valence-corrected chi connectivity index (χ3v) is 2.47. The predicted molar refractivity (Wildman–Crippen MR) is 64.6 cm³/mol. The highest BCUT2D eigenvalue weighted by Crippen LogP contribution is 2.15. The molecule has 2 rings (SSSR count). The summed E-state index contributed by atoms with van der Waals surface area (Å²) in [5.41, 5.74) is 7.62. The number of hydrogen-bond donors (Lipinski definition) is 1. The molecule has 0 amide bonds. The Kier molecular flexibility index (Phi) is 3.89. The molecule has 0 aliphatic heterocycles. The first-order valence-corrected chi connectivity index (χ1v) is 5.45. The van der Waals surface area contributed by atoms with Gasteiger partial charge in [-0.05, 0) is 6.07 Å². The Bertz CT molecular complexity index is 483. The van der Waals surface area contributed by atoms with E-state index in [2.05, 4.69) is 9.97 Å². The van der Waals surface area contributed by atoms with Gasteiger partial charge in [0.15, 0.2) is 0 Å². The maximum atomic E-state index is 5.84. The number of fused-ring (bicyclic) bond motifs is 1. The van der Waals surface area contributed by atoms with Gasteiger partial charge in [0.1, 0.15) is 5.52 Å². The van der Waals surface area contributed by atoms with Crippen LogP contribution in [0.5, 0.6) is 0 Å². The van der Waals surface area contributed by atoms with Crippen LogP contribution in [-0.2, 0) is 16.0 Å².